The van der Waals surface area contributed by atoms with Gasteiger partial charge in [0.1, 0.15) is 11.4 Å². The molecule has 2 aromatic carbocycles. The number of carboxylic acids is 1. The van der Waals surface area contributed by atoms with E-state index in [-0.39, 0.29) is 17.5 Å². The van der Waals surface area contributed by atoms with Crippen molar-refractivity contribution in [1.29, 1.82) is 0 Å². The molecule has 1 saturated heterocycles. The fourth-order valence-corrected chi connectivity index (χ4v) is 5.36. The summed E-state index contributed by atoms with van der Waals surface area (Å²) in [6.07, 6.45) is 4.85. The molecule has 2 atom stereocenters. The highest BCUT2D eigenvalue weighted by atomic mass is 19.1. The highest BCUT2D eigenvalue weighted by Crippen LogP contribution is 2.52. The molecule has 0 amide bonds. The molecule has 2 aliphatic rings. The number of benzene rings is 2. The van der Waals surface area contributed by atoms with Crippen LogP contribution >= 0.6 is 0 Å². The quantitative estimate of drug-likeness (QED) is 0.525. The molecule has 5 rings (SSSR count). The fourth-order valence-electron chi connectivity index (χ4n) is 5.36. The van der Waals surface area contributed by atoms with E-state index in [1.54, 1.807) is 19.2 Å². The first-order valence-corrected chi connectivity index (χ1v) is 11.3. The number of hydrogen-bond acceptors (Lipinski definition) is 3. The van der Waals surface area contributed by atoms with Crippen LogP contribution in [0.2, 0.25) is 0 Å². The average molecular weight is 437 g/mol. The van der Waals surface area contributed by atoms with Crippen LogP contribution in [0.4, 0.5) is 4.39 Å². The molecular formula is C26H29FN2O3. The Morgan fingerprint density at radius 3 is 2.69 bits per heavy atom. The van der Waals surface area contributed by atoms with Crippen LogP contribution in [0.25, 0.3) is 10.9 Å². The zero-order chi connectivity index (χ0) is 22.5. The third-order valence-electron chi connectivity index (χ3n) is 7.33. The Labute approximate surface area is 187 Å². The number of rotatable bonds is 6. The van der Waals surface area contributed by atoms with Crippen LogP contribution in [0.3, 0.4) is 0 Å². The number of methoxy groups -OCH3 is 1. The lowest BCUT2D eigenvalue weighted by Gasteiger charge is -2.43. The van der Waals surface area contributed by atoms with Gasteiger partial charge < -0.3 is 14.8 Å². The fraction of sp³-hybridized carbons (Fsp3) is 0.423. The third kappa shape index (κ3) is 3.66. The molecule has 6 heteroatoms. The Balaban J connectivity index is 1.52. The molecule has 3 aromatic rings. The van der Waals surface area contributed by atoms with Gasteiger partial charge in [0.05, 0.1) is 12.7 Å². The molecule has 0 bridgehead atoms. The van der Waals surface area contributed by atoms with Crippen LogP contribution in [0, 0.1) is 12.8 Å². The zero-order valence-corrected chi connectivity index (χ0v) is 18.5. The molecule has 2 fully saturated rings. The molecule has 0 unspecified atom stereocenters. The van der Waals surface area contributed by atoms with Crippen molar-refractivity contribution in [2.24, 2.45) is 5.92 Å². The van der Waals surface area contributed by atoms with Gasteiger partial charge in [-0.25, -0.2) is 9.18 Å². The number of nitrogens with one attached hydrogen (secondary N) is 1. The maximum Gasteiger partial charge on any atom is 0.335 e. The Bertz CT molecular complexity index is 1150. The summed E-state index contributed by atoms with van der Waals surface area (Å²) in [4.78, 5) is 17.0. The number of ether oxygens (including phenoxy) is 1. The Morgan fingerprint density at radius 1 is 1.28 bits per heavy atom. The van der Waals surface area contributed by atoms with Crippen LogP contribution in [-0.2, 0) is 6.54 Å². The number of fused-ring (bicyclic) bond motifs is 1. The summed E-state index contributed by atoms with van der Waals surface area (Å²) in [5.74, 6) is 0.0544. The van der Waals surface area contributed by atoms with Crippen LogP contribution in [0.15, 0.2) is 42.6 Å². The Kier molecular flexibility index (Phi) is 5.20. The van der Waals surface area contributed by atoms with Crippen molar-refractivity contribution in [3.05, 3.63) is 64.8 Å². The second kappa shape index (κ2) is 7.93. The molecule has 168 valence electrons. The number of alkyl halides is 1. The van der Waals surface area contributed by atoms with Gasteiger partial charge in [-0.3, -0.25) is 4.90 Å². The van der Waals surface area contributed by atoms with E-state index in [9.17, 15) is 9.90 Å². The summed E-state index contributed by atoms with van der Waals surface area (Å²) in [6, 6.07) is 11.0. The van der Waals surface area contributed by atoms with Gasteiger partial charge in [-0.15, -0.1) is 0 Å². The number of hydrogen-bond donors (Lipinski definition) is 2. The first-order valence-electron chi connectivity index (χ1n) is 11.3. The lowest BCUT2D eigenvalue weighted by atomic mass is 9.81. The van der Waals surface area contributed by atoms with Crippen molar-refractivity contribution in [2.75, 3.05) is 13.7 Å². The minimum Gasteiger partial charge on any atom is -0.496 e. The van der Waals surface area contributed by atoms with Crippen molar-refractivity contribution >= 4 is 16.9 Å². The second-order valence-electron chi connectivity index (χ2n) is 9.32. The molecule has 0 spiro atoms. The van der Waals surface area contributed by atoms with Gasteiger partial charge in [-0.1, -0.05) is 12.1 Å². The van der Waals surface area contributed by atoms with E-state index in [1.165, 1.54) is 0 Å². The summed E-state index contributed by atoms with van der Waals surface area (Å²) >= 11 is 0. The van der Waals surface area contributed by atoms with Gasteiger partial charge >= 0.3 is 5.97 Å². The number of aryl methyl sites for hydroxylation is 1. The average Bonchev–Trinajstić information content (AvgIpc) is 3.54. The summed E-state index contributed by atoms with van der Waals surface area (Å²) in [5.41, 5.74) is 3.39. The maximum absolute atomic E-state index is 15.9. The third-order valence-corrected chi connectivity index (χ3v) is 7.33. The minimum absolute atomic E-state index is 0.114. The van der Waals surface area contributed by atoms with Gasteiger partial charge in [-0.05, 0) is 67.5 Å². The molecule has 32 heavy (non-hydrogen) atoms. The van der Waals surface area contributed by atoms with E-state index in [1.807, 2.05) is 18.3 Å². The number of likely N-dealkylation sites (tertiary alicyclic amines) is 1. The number of H-pyrrole nitrogens is 1. The number of aromatic nitrogens is 1. The first-order chi connectivity index (χ1) is 15.4. The van der Waals surface area contributed by atoms with Crippen LogP contribution < -0.4 is 4.74 Å². The van der Waals surface area contributed by atoms with E-state index in [0.29, 0.717) is 25.9 Å². The zero-order valence-electron chi connectivity index (χ0n) is 18.5. The van der Waals surface area contributed by atoms with E-state index >= 15 is 4.39 Å². The summed E-state index contributed by atoms with van der Waals surface area (Å²) in [5, 5.41) is 10.4. The SMILES string of the molecule is COc1cc(C)c2[nH]ccc2c1CN1CC[C@](F)(C2CC2)C[C@H]1c1ccc(C(=O)O)cc1. The predicted molar refractivity (Wildman–Crippen MR) is 122 cm³/mol. The van der Waals surface area contributed by atoms with Crippen molar-refractivity contribution < 1.29 is 19.0 Å². The smallest absolute Gasteiger partial charge is 0.335 e. The predicted octanol–water partition coefficient (Wildman–Crippen LogP) is 5.64. The van der Waals surface area contributed by atoms with E-state index in [2.05, 4.69) is 28.9 Å². The monoisotopic (exact) mass is 436 g/mol. The van der Waals surface area contributed by atoms with Gasteiger partial charge in [0.25, 0.3) is 0 Å². The summed E-state index contributed by atoms with van der Waals surface area (Å²) < 4.78 is 21.6. The number of carboxylic acid groups (broad SMARTS) is 1. The lowest BCUT2D eigenvalue weighted by molar-refractivity contribution is -0.00257. The highest BCUT2D eigenvalue weighted by molar-refractivity contribution is 5.88. The number of nitrogens with zero attached hydrogens (tertiary/aromatic N) is 1. The highest BCUT2D eigenvalue weighted by Gasteiger charge is 2.50. The van der Waals surface area contributed by atoms with Crippen molar-refractivity contribution in [2.45, 2.75) is 50.9 Å². The molecule has 1 aliphatic carbocycles. The molecule has 5 nitrogen and oxygen atoms in total. The number of halogens is 1. The normalized spacial score (nSPS) is 24.0. The Morgan fingerprint density at radius 2 is 2.03 bits per heavy atom. The van der Waals surface area contributed by atoms with Gasteiger partial charge in [0, 0.05) is 48.2 Å². The molecule has 1 aliphatic heterocycles. The largest absolute Gasteiger partial charge is 0.496 e. The molecule has 1 saturated carbocycles. The summed E-state index contributed by atoms with van der Waals surface area (Å²) in [7, 11) is 1.69. The number of aromatic amines is 1. The van der Waals surface area contributed by atoms with Crippen LogP contribution in [0.1, 0.15) is 58.8 Å². The van der Waals surface area contributed by atoms with E-state index < -0.39 is 11.6 Å². The van der Waals surface area contributed by atoms with Crippen LogP contribution in [0.5, 0.6) is 5.75 Å². The second-order valence-corrected chi connectivity index (χ2v) is 9.32. The topological polar surface area (TPSA) is 65.6 Å². The van der Waals surface area contributed by atoms with Gasteiger partial charge in [-0.2, -0.15) is 0 Å². The number of carbonyl (C=O) groups is 1. The first kappa shape index (κ1) is 21.0. The van der Waals surface area contributed by atoms with E-state index in [4.69, 9.17) is 4.74 Å². The molecule has 0 radical (unpaired) electrons. The number of aromatic carboxylic acids is 1. The molecule has 2 N–H and O–H groups in total. The minimum atomic E-state index is -1.15. The molecular weight excluding hydrogens is 407 g/mol. The van der Waals surface area contributed by atoms with E-state index in [0.717, 1.165) is 46.2 Å². The Hall–Kier alpha value is -2.86. The standard InChI is InChI=1S/C26H29FN2O3/c1-16-13-23(32-2)21(20-9-11-28-24(16)20)15-29-12-10-26(27,19-7-8-19)14-22(29)17-3-5-18(6-4-17)25(30)31/h3-6,9,11,13,19,22,28H,7-8,10,12,14-15H2,1-2H3,(H,30,31)/t22-,26+/m0/s1. The van der Waals surface area contributed by atoms with Crippen LogP contribution in [-0.4, -0.2) is 40.3 Å². The molecule has 1 aromatic heterocycles. The van der Waals surface area contributed by atoms with Gasteiger partial charge in [0.15, 0.2) is 0 Å². The maximum atomic E-state index is 15.9. The lowest BCUT2D eigenvalue weighted by Crippen LogP contribution is -2.44. The van der Waals surface area contributed by atoms with Gasteiger partial charge in [0.2, 0.25) is 0 Å². The van der Waals surface area contributed by atoms with Crippen molar-refractivity contribution in [3.63, 3.8) is 0 Å². The van der Waals surface area contributed by atoms with Crippen molar-refractivity contribution in [3.8, 4) is 5.75 Å². The molecule has 2 heterocycles. The number of piperidine rings is 1. The summed E-state index contributed by atoms with van der Waals surface area (Å²) in [6.45, 7) is 3.36. The van der Waals surface area contributed by atoms with Crippen molar-refractivity contribution in [1.82, 2.24) is 9.88 Å².